The van der Waals surface area contributed by atoms with Gasteiger partial charge in [-0.15, -0.1) is 24.0 Å². The van der Waals surface area contributed by atoms with E-state index in [4.69, 9.17) is 55.9 Å². The van der Waals surface area contributed by atoms with Crippen LogP contribution < -0.4 is 60.9 Å². The number of hydrogen-bond acceptors (Lipinski definition) is 16. The molecule has 0 radical (unpaired) electrons. The first-order chi connectivity index (χ1) is 39.3. The predicted molar refractivity (Wildman–Crippen MR) is 320 cm³/mol. The molecule has 0 atom stereocenters. The number of methoxy groups -OCH3 is 1. The Morgan fingerprint density at radius 3 is 0.976 bits per heavy atom. The van der Waals surface area contributed by atoms with E-state index in [2.05, 4.69) is 63.4 Å². The fourth-order valence-electron chi connectivity index (χ4n) is 6.09. The average Bonchev–Trinajstić information content (AvgIpc) is 4.36. The summed E-state index contributed by atoms with van der Waals surface area (Å²) in [5.41, 5.74) is 4.33. The Bertz CT molecular complexity index is 3070. The molecule has 0 aliphatic carbocycles. The number of phenolic OH excluding ortho intramolecular Hbond substituents is 4. The van der Waals surface area contributed by atoms with Crippen molar-refractivity contribution in [3.63, 3.8) is 0 Å². The van der Waals surface area contributed by atoms with Crippen molar-refractivity contribution in [1.82, 2.24) is 57.3 Å². The minimum absolute atomic E-state index is 0. The molecule has 0 fully saturated rings. The molecule has 0 bridgehead atoms. The number of phenols is 4. The second-order valence-electron chi connectivity index (χ2n) is 16.2. The van der Waals surface area contributed by atoms with Crippen LogP contribution in [0.1, 0.15) is 22.3 Å². The molecule has 5 aromatic carbocycles. The summed E-state index contributed by atoms with van der Waals surface area (Å²) in [5, 5.41) is 52.6. The van der Waals surface area contributed by atoms with Gasteiger partial charge in [0.25, 0.3) is 0 Å². The topological polar surface area (TPSA) is 294 Å². The van der Waals surface area contributed by atoms with Crippen molar-refractivity contribution in [2.24, 2.45) is 0 Å². The second-order valence-corrected chi connectivity index (χ2v) is 18.9. The first-order valence-corrected chi connectivity index (χ1v) is 27.3. The van der Waals surface area contributed by atoms with E-state index < -0.39 is 9.23 Å². The van der Waals surface area contributed by atoms with Crippen LogP contribution >= 0.6 is 45.4 Å². The number of aromatic nitrogens is 12. The number of rotatable bonds is 13. The van der Waals surface area contributed by atoms with Gasteiger partial charge < -0.3 is 73.0 Å². The zero-order valence-corrected chi connectivity index (χ0v) is 52.6. The van der Waals surface area contributed by atoms with Gasteiger partial charge >= 0.3 is 51.4 Å². The Balaban J connectivity index is 0.000000494. The number of aromatic hydroxyl groups is 4. The Morgan fingerprint density at radius 2 is 0.714 bits per heavy atom. The van der Waals surface area contributed by atoms with Crippen molar-refractivity contribution in [2.75, 3.05) is 7.11 Å². The zero-order chi connectivity index (χ0) is 58.3. The van der Waals surface area contributed by atoms with Crippen molar-refractivity contribution >= 4 is 54.6 Å². The number of aliphatic hydroxyl groups is 2. The molecule has 22 nitrogen and oxygen atoms in total. The summed E-state index contributed by atoms with van der Waals surface area (Å²) in [4.78, 5) is 23.4. The van der Waals surface area contributed by atoms with Gasteiger partial charge in [-0.3, -0.25) is 0 Å². The summed E-state index contributed by atoms with van der Waals surface area (Å²) in [7, 11) is 8.95. The average molecular weight is 1280 g/mol. The molecule has 6 heterocycles. The normalized spacial score (nSPS) is 9.46. The van der Waals surface area contributed by atoms with Crippen molar-refractivity contribution in [3.8, 4) is 34.5 Å². The zero-order valence-electron chi connectivity index (χ0n) is 45.6. The molecule has 0 unspecified atom stereocenters. The third-order valence-corrected chi connectivity index (χ3v) is 10.4. The predicted octanol–water partition coefficient (Wildman–Crippen LogP) is 6.93. The van der Waals surface area contributed by atoms with Crippen molar-refractivity contribution in [3.05, 3.63) is 256 Å². The smallest absolute Gasteiger partial charge is 0.870 e. The van der Waals surface area contributed by atoms with Crippen LogP contribution in [0.3, 0.4) is 0 Å². The molecule has 11 aromatic rings. The first-order valence-electron chi connectivity index (χ1n) is 24.0. The van der Waals surface area contributed by atoms with Gasteiger partial charge in [-0.05, 0) is 95.1 Å². The fourth-order valence-corrected chi connectivity index (χ4v) is 6.23. The van der Waals surface area contributed by atoms with Gasteiger partial charge in [-0.2, -0.15) is 0 Å². The molecular formula is C56H63Cl4KN12O10S. The minimum atomic E-state index is -1.67. The van der Waals surface area contributed by atoms with Gasteiger partial charge in [0.05, 0.1) is 57.7 Å². The number of aliphatic hydroxyl groups excluding tert-OH is 2. The van der Waals surface area contributed by atoms with Crippen LogP contribution in [-0.4, -0.2) is 105 Å². The van der Waals surface area contributed by atoms with Crippen LogP contribution in [0.4, 0.5) is 0 Å². The molecule has 11 rings (SSSR count). The SMILES string of the molecule is COc1ccc(O)cc1.Cl.ClCn1ccnc1.O=S(Cl)Cl.OCc1ccc(O)cc1.OCn1ccnc1.Oc1ccc(Cn2ccnc2)cc1.Oc1ccc(Cn2ccnc2)cc1.[K+].[OH-].c1cn(COc2ccc(Cn3ccnc3)cc2)cn1. The Labute approximate surface area is 551 Å². The maximum atomic E-state index is 9.09. The monoisotopic (exact) mass is 1270 g/mol. The van der Waals surface area contributed by atoms with Crippen LogP contribution in [0.25, 0.3) is 0 Å². The van der Waals surface area contributed by atoms with Gasteiger partial charge in [-0.25, -0.2) is 34.1 Å². The number of alkyl halides is 1. The largest absolute Gasteiger partial charge is 1.00 e. The van der Waals surface area contributed by atoms with Crippen molar-refractivity contribution in [2.45, 2.75) is 45.7 Å². The molecule has 0 saturated carbocycles. The molecule has 28 heteroatoms. The summed E-state index contributed by atoms with van der Waals surface area (Å²) in [6.07, 6.45) is 31.8. The van der Waals surface area contributed by atoms with Crippen molar-refractivity contribution < 1.29 is 101 Å². The summed E-state index contributed by atoms with van der Waals surface area (Å²) in [6, 6.07) is 35.9. The third-order valence-electron chi connectivity index (χ3n) is 10.1. The summed E-state index contributed by atoms with van der Waals surface area (Å²) >= 11 is 5.39. The van der Waals surface area contributed by atoms with Gasteiger partial charge in [0.15, 0.2) is 6.73 Å². The Morgan fingerprint density at radius 1 is 0.440 bits per heavy atom. The molecule has 0 spiro atoms. The minimum Gasteiger partial charge on any atom is -0.870 e. The maximum absolute atomic E-state index is 9.09. The molecule has 7 N–H and O–H groups in total. The number of halogens is 4. The van der Waals surface area contributed by atoms with E-state index in [0.29, 0.717) is 24.2 Å². The van der Waals surface area contributed by atoms with E-state index >= 15 is 0 Å². The molecule has 6 aromatic heterocycles. The molecule has 0 aliphatic heterocycles. The van der Waals surface area contributed by atoms with Gasteiger partial charge in [0.1, 0.15) is 41.2 Å². The maximum Gasteiger partial charge on any atom is 1.00 e. The summed E-state index contributed by atoms with van der Waals surface area (Å²) < 4.78 is 30.8. The van der Waals surface area contributed by atoms with Crippen molar-refractivity contribution in [1.29, 1.82) is 0 Å². The quantitative estimate of drug-likeness (QED) is 0.0388. The molecular weight excluding hydrogens is 1210 g/mol. The Kier molecular flexibility index (Phi) is 40.6. The molecule has 0 amide bonds. The van der Waals surface area contributed by atoms with E-state index in [9.17, 15) is 0 Å². The third kappa shape index (κ3) is 33.9. The number of imidazole rings is 6. The van der Waals surface area contributed by atoms with Gasteiger partial charge in [0, 0.05) is 115 Å². The van der Waals surface area contributed by atoms with Gasteiger partial charge in [-0.1, -0.05) is 48.5 Å². The fraction of sp³-hybridized carbons (Fsp3) is 0.143. The van der Waals surface area contributed by atoms with Gasteiger partial charge in [0.2, 0.25) is 9.23 Å². The number of nitrogens with zero attached hydrogens (tertiary/aromatic N) is 12. The van der Waals surface area contributed by atoms with Crippen LogP contribution in [-0.2, 0) is 54.9 Å². The molecule has 0 saturated heterocycles. The Hall–Kier alpha value is -7.01. The van der Waals surface area contributed by atoms with Crippen LogP contribution in [0.5, 0.6) is 34.5 Å². The second kappa shape index (κ2) is 45.4. The molecule has 442 valence electrons. The van der Waals surface area contributed by atoms with E-state index in [-0.39, 0.29) is 94.1 Å². The number of ether oxygens (including phenoxy) is 2. The van der Waals surface area contributed by atoms with E-state index in [1.54, 1.807) is 164 Å². The van der Waals surface area contributed by atoms with Crippen LogP contribution in [0, 0.1) is 0 Å². The standard InChI is InChI=1S/C14H14N4O.2C10H10N2O.2C7H8O2.C4H5ClN2.C4H6N2O.Cl2OS.ClH.K.H2O/c1-3-14(19-12-18-8-6-16-11-18)4-2-13(1)9-17-7-5-15-10-17;2*13-10-3-1-9(2-4-10)7-12-6-5-11-8-12;1-9-7-4-2-6(8)3-5-7;8-5-6-1-3-7(9)4-2-6;5-3-7-2-1-6-4-7;7-4-6-2-1-5-3-6;1-4(2)3;;;/h1-8,10-11H,9,12H2;2*1-6,8,13H,7H2;2-5,8H,1H3;1-4,8-9H,5H2;1-2,4H,3H2;1-3,7H,4H2;;1H;;1H2/q;;;;;;;;;+1;/p-1. The summed E-state index contributed by atoms with van der Waals surface area (Å²) in [6.45, 7) is 2.92. The number of hydrogen-bond donors (Lipinski definition) is 6. The van der Waals surface area contributed by atoms with Crippen LogP contribution in [0.2, 0.25) is 0 Å². The first kappa shape index (κ1) is 75.0. The van der Waals surface area contributed by atoms with E-state index in [0.717, 1.165) is 47.8 Å². The van der Waals surface area contributed by atoms with E-state index in [1.165, 1.54) is 5.56 Å². The molecule has 84 heavy (non-hydrogen) atoms. The molecule has 0 aliphatic rings. The summed E-state index contributed by atoms with van der Waals surface area (Å²) in [5.74, 6) is 2.70. The van der Waals surface area contributed by atoms with E-state index in [1.807, 2.05) is 92.0 Å². The van der Waals surface area contributed by atoms with Crippen LogP contribution in [0.15, 0.2) is 234 Å². The number of benzene rings is 5.